The predicted octanol–water partition coefficient (Wildman–Crippen LogP) is 4.18. The van der Waals surface area contributed by atoms with E-state index >= 15 is 0 Å². The van der Waals surface area contributed by atoms with Crippen LogP contribution in [0, 0.1) is 6.92 Å². The molecule has 0 atom stereocenters. The molecule has 3 aromatic rings. The highest BCUT2D eigenvalue weighted by molar-refractivity contribution is 5.75. The number of aromatic nitrogens is 2. The van der Waals surface area contributed by atoms with Crippen molar-refractivity contribution in [1.82, 2.24) is 14.9 Å². The minimum atomic E-state index is 0.425. The van der Waals surface area contributed by atoms with Gasteiger partial charge in [0.15, 0.2) is 0 Å². The Kier molecular flexibility index (Phi) is 6.12. The van der Waals surface area contributed by atoms with Gasteiger partial charge < -0.3 is 14.6 Å². The van der Waals surface area contributed by atoms with Gasteiger partial charge in [-0.3, -0.25) is 4.79 Å². The lowest BCUT2D eigenvalue weighted by molar-refractivity contribution is -0.109. The first-order valence-electron chi connectivity index (χ1n) is 9.44. The largest absolute Gasteiger partial charge is 0.493 e. The van der Waals surface area contributed by atoms with Crippen LogP contribution in [0.3, 0.4) is 0 Å². The number of rotatable bonds is 9. The third-order valence-electron chi connectivity index (χ3n) is 4.65. The monoisotopic (exact) mass is 365 g/mol. The summed E-state index contributed by atoms with van der Waals surface area (Å²) in [6.07, 6.45) is 1.57. The van der Waals surface area contributed by atoms with E-state index in [1.165, 1.54) is 11.1 Å². The highest BCUT2D eigenvalue weighted by Gasteiger charge is 2.11. The molecule has 5 heteroatoms. The predicted molar refractivity (Wildman–Crippen MR) is 108 cm³/mol. The summed E-state index contributed by atoms with van der Waals surface area (Å²) < 4.78 is 8.27. The zero-order chi connectivity index (χ0) is 19.2. The van der Waals surface area contributed by atoms with Gasteiger partial charge in [0.2, 0.25) is 6.41 Å². The van der Waals surface area contributed by atoms with E-state index in [-0.39, 0.29) is 0 Å². The molecule has 0 saturated carbocycles. The van der Waals surface area contributed by atoms with Gasteiger partial charge in [0.25, 0.3) is 0 Å². The van der Waals surface area contributed by atoms with Crippen molar-refractivity contribution < 1.29 is 9.53 Å². The molecule has 3 rings (SSSR count). The van der Waals surface area contributed by atoms with Crippen LogP contribution in [0.5, 0.6) is 5.75 Å². The molecule has 0 aliphatic rings. The van der Waals surface area contributed by atoms with Crippen molar-refractivity contribution in [2.24, 2.45) is 0 Å². The van der Waals surface area contributed by atoms with E-state index in [4.69, 9.17) is 4.74 Å². The van der Waals surface area contributed by atoms with E-state index in [9.17, 15) is 4.79 Å². The van der Waals surface area contributed by atoms with Gasteiger partial charge in [0, 0.05) is 6.54 Å². The third kappa shape index (κ3) is 4.48. The number of imidazole rings is 1. The number of ether oxygens (including phenoxy) is 1. The van der Waals surface area contributed by atoms with E-state index in [0.29, 0.717) is 25.5 Å². The van der Waals surface area contributed by atoms with Gasteiger partial charge in [-0.25, -0.2) is 4.98 Å². The van der Waals surface area contributed by atoms with Crippen molar-refractivity contribution in [3.63, 3.8) is 0 Å². The fraction of sp³-hybridized carbons (Fsp3) is 0.364. The molecule has 1 aromatic heterocycles. The van der Waals surface area contributed by atoms with Gasteiger partial charge >= 0.3 is 0 Å². The summed E-state index contributed by atoms with van der Waals surface area (Å²) in [5.74, 6) is 2.27. The average molecular weight is 365 g/mol. The summed E-state index contributed by atoms with van der Waals surface area (Å²) in [6.45, 7) is 8.30. The Morgan fingerprint density at radius 1 is 1.22 bits per heavy atom. The number of carbonyl (C=O) groups is 1. The van der Waals surface area contributed by atoms with Gasteiger partial charge in [0.05, 0.1) is 24.2 Å². The second-order valence-corrected chi connectivity index (χ2v) is 7.07. The van der Waals surface area contributed by atoms with Crippen LogP contribution in [0.2, 0.25) is 0 Å². The number of aryl methyl sites for hydroxylation is 2. The lowest BCUT2D eigenvalue weighted by atomic mass is 10.0. The summed E-state index contributed by atoms with van der Waals surface area (Å²) in [6, 6.07) is 14.4. The first-order valence-corrected chi connectivity index (χ1v) is 9.44. The molecular weight excluding hydrogens is 338 g/mol. The summed E-state index contributed by atoms with van der Waals surface area (Å²) in [5.41, 5.74) is 4.47. The summed E-state index contributed by atoms with van der Waals surface area (Å²) >= 11 is 0. The zero-order valence-electron chi connectivity index (χ0n) is 16.2. The van der Waals surface area contributed by atoms with E-state index in [0.717, 1.165) is 35.6 Å². The molecule has 2 aromatic carbocycles. The molecule has 5 nitrogen and oxygen atoms in total. The summed E-state index contributed by atoms with van der Waals surface area (Å²) in [5, 5.41) is 2.71. The Hall–Kier alpha value is -2.82. The number of amides is 1. The Balaban J connectivity index is 1.69. The van der Waals surface area contributed by atoms with Crippen LogP contribution >= 0.6 is 0 Å². The average Bonchev–Trinajstić information content (AvgIpc) is 3.01. The number of nitrogens with one attached hydrogen (secondary N) is 1. The molecule has 142 valence electrons. The Morgan fingerprint density at radius 2 is 2.04 bits per heavy atom. The quantitative estimate of drug-likeness (QED) is 0.457. The molecule has 0 bridgehead atoms. The molecule has 0 saturated heterocycles. The highest BCUT2D eigenvalue weighted by Crippen LogP contribution is 2.27. The van der Waals surface area contributed by atoms with Gasteiger partial charge in [-0.05, 0) is 48.6 Å². The van der Waals surface area contributed by atoms with Crippen LogP contribution in [-0.4, -0.2) is 22.6 Å². The molecule has 27 heavy (non-hydrogen) atoms. The SMILES string of the molecule is Cc1ccc(C(C)C)c(OCCCn2c(CNC=O)nc3ccccc32)c1. The van der Waals surface area contributed by atoms with Crippen molar-refractivity contribution in [3.05, 3.63) is 59.4 Å². The summed E-state index contributed by atoms with van der Waals surface area (Å²) in [4.78, 5) is 15.3. The standard InChI is InChI=1S/C22H27N3O2/c1-16(2)18-10-9-17(3)13-21(18)27-12-6-11-25-20-8-5-4-7-19(20)24-22(25)14-23-15-26/h4-5,7-10,13,15-16H,6,11-12,14H2,1-3H3,(H,23,26). The number of hydrogen-bond acceptors (Lipinski definition) is 3. The van der Waals surface area contributed by atoms with Crippen molar-refractivity contribution >= 4 is 17.4 Å². The zero-order valence-corrected chi connectivity index (χ0v) is 16.2. The fourth-order valence-corrected chi connectivity index (χ4v) is 3.29. The van der Waals surface area contributed by atoms with Crippen molar-refractivity contribution in [2.45, 2.75) is 46.2 Å². The molecule has 0 unspecified atom stereocenters. The molecule has 1 amide bonds. The first kappa shape index (κ1) is 19.0. The van der Waals surface area contributed by atoms with E-state index in [1.54, 1.807) is 0 Å². The molecule has 1 N–H and O–H groups in total. The Bertz CT molecular complexity index is 915. The molecule has 0 spiro atoms. The molecule has 1 heterocycles. The minimum Gasteiger partial charge on any atom is -0.493 e. The van der Waals surface area contributed by atoms with Crippen LogP contribution in [0.1, 0.15) is 43.1 Å². The van der Waals surface area contributed by atoms with Crippen LogP contribution in [0.15, 0.2) is 42.5 Å². The van der Waals surface area contributed by atoms with Crippen molar-refractivity contribution in [1.29, 1.82) is 0 Å². The van der Waals surface area contributed by atoms with Gasteiger partial charge in [-0.2, -0.15) is 0 Å². The second kappa shape index (κ2) is 8.71. The Labute approximate surface area is 160 Å². The maximum atomic E-state index is 10.7. The first-order chi connectivity index (χ1) is 13.1. The Morgan fingerprint density at radius 3 is 2.81 bits per heavy atom. The number of nitrogens with zero attached hydrogens (tertiary/aromatic N) is 2. The maximum absolute atomic E-state index is 10.7. The van der Waals surface area contributed by atoms with E-state index in [2.05, 4.69) is 59.9 Å². The van der Waals surface area contributed by atoms with Gasteiger partial charge in [-0.15, -0.1) is 0 Å². The van der Waals surface area contributed by atoms with Crippen molar-refractivity contribution in [3.8, 4) is 5.75 Å². The van der Waals surface area contributed by atoms with Crippen LogP contribution in [0.4, 0.5) is 0 Å². The van der Waals surface area contributed by atoms with Crippen molar-refractivity contribution in [2.75, 3.05) is 6.61 Å². The van der Waals surface area contributed by atoms with Gasteiger partial charge in [0.1, 0.15) is 11.6 Å². The molecule has 0 radical (unpaired) electrons. The van der Waals surface area contributed by atoms with Crippen LogP contribution in [-0.2, 0) is 17.9 Å². The lowest BCUT2D eigenvalue weighted by Gasteiger charge is -2.15. The van der Waals surface area contributed by atoms with Crippen LogP contribution < -0.4 is 10.1 Å². The highest BCUT2D eigenvalue weighted by atomic mass is 16.5. The number of carbonyl (C=O) groups excluding carboxylic acids is 1. The molecular formula is C22H27N3O2. The molecule has 0 fully saturated rings. The number of benzene rings is 2. The smallest absolute Gasteiger partial charge is 0.207 e. The summed E-state index contributed by atoms with van der Waals surface area (Å²) in [7, 11) is 0. The minimum absolute atomic E-state index is 0.425. The number of para-hydroxylation sites is 2. The lowest BCUT2D eigenvalue weighted by Crippen LogP contribution is -2.16. The second-order valence-electron chi connectivity index (χ2n) is 7.07. The number of hydrogen-bond donors (Lipinski definition) is 1. The number of fused-ring (bicyclic) bond motifs is 1. The van der Waals surface area contributed by atoms with E-state index < -0.39 is 0 Å². The normalized spacial score (nSPS) is 11.1. The fourth-order valence-electron chi connectivity index (χ4n) is 3.29. The molecule has 0 aliphatic carbocycles. The van der Waals surface area contributed by atoms with Crippen LogP contribution in [0.25, 0.3) is 11.0 Å². The third-order valence-corrected chi connectivity index (χ3v) is 4.65. The molecule has 0 aliphatic heterocycles. The maximum Gasteiger partial charge on any atom is 0.207 e. The van der Waals surface area contributed by atoms with Gasteiger partial charge in [-0.1, -0.05) is 38.1 Å². The topological polar surface area (TPSA) is 56.1 Å². The van der Waals surface area contributed by atoms with E-state index in [1.807, 2.05) is 18.2 Å².